The lowest BCUT2D eigenvalue weighted by Gasteiger charge is -2.35. The number of nitrogens with zero attached hydrogens (tertiary/aromatic N) is 2. The van der Waals surface area contributed by atoms with Crippen molar-refractivity contribution in [2.45, 2.75) is 19.3 Å². The number of carbonyl (C=O) groups excluding carboxylic acids is 3. The van der Waals surface area contributed by atoms with Crippen molar-refractivity contribution < 1.29 is 19.1 Å². The van der Waals surface area contributed by atoms with Crippen molar-refractivity contribution in [2.75, 3.05) is 20.2 Å². The lowest BCUT2D eigenvalue weighted by molar-refractivity contribution is -0.119. The van der Waals surface area contributed by atoms with Crippen molar-refractivity contribution in [3.63, 3.8) is 0 Å². The number of carbonyl (C=O) groups is 3. The maximum absolute atomic E-state index is 12.4. The van der Waals surface area contributed by atoms with E-state index in [0.717, 1.165) is 25.8 Å². The predicted molar refractivity (Wildman–Crippen MR) is 127 cm³/mol. The van der Waals surface area contributed by atoms with E-state index in [0.29, 0.717) is 37.2 Å². The number of ether oxygens (including phenoxy) is 1. The van der Waals surface area contributed by atoms with Crippen LogP contribution in [0.1, 0.15) is 26.5 Å². The number of thiophene rings is 1. The average molecular weight is 556 g/mol. The molecule has 158 valence electrons. The molecule has 0 atom stereocenters. The second-order valence-electron chi connectivity index (χ2n) is 6.56. The molecule has 1 aromatic heterocycles. The molecule has 0 radical (unpaired) electrons. The molecule has 6 nitrogen and oxygen atoms in total. The van der Waals surface area contributed by atoms with Crippen LogP contribution in [-0.4, -0.2) is 47.2 Å². The van der Waals surface area contributed by atoms with E-state index >= 15 is 0 Å². The molecule has 1 amide bonds. The largest absolute Gasteiger partial charge is 0.465 e. The van der Waals surface area contributed by atoms with Crippen molar-refractivity contribution in [3.8, 4) is 0 Å². The van der Waals surface area contributed by atoms with Crippen LogP contribution in [0.5, 0.6) is 0 Å². The molecule has 0 bridgehead atoms. The van der Waals surface area contributed by atoms with Crippen LogP contribution < -0.4 is 0 Å². The summed E-state index contributed by atoms with van der Waals surface area (Å²) in [6.07, 6.45) is 3.20. The summed E-state index contributed by atoms with van der Waals surface area (Å²) in [6, 6.07) is 11.5. The zero-order chi connectivity index (χ0) is 21.5. The summed E-state index contributed by atoms with van der Waals surface area (Å²) in [6.45, 7) is 0.922. The van der Waals surface area contributed by atoms with Crippen molar-refractivity contribution in [1.82, 2.24) is 10.0 Å². The minimum Gasteiger partial charge on any atom is -0.465 e. The molecule has 0 aliphatic carbocycles. The van der Waals surface area contributed by atoms with Crippen LogP contribution in [0.3, 0.4) is 0 Å². The molecule has 2 aromatic rings. The highest BCUT2D eigenvalue weighted by Gasteiger charge is 2.23. The van der Waals surface area contributed by atoms with Gasteiger partial charge in [0.05, 0.1) is 7.11 Å². The monoisotopic (exact) mass is 556 g/mol. The summed E-state index contributed by atoms with van der Waals surface area (Å²) >= 11 is 4.73. The van der Waals surface area contributed by atoms with E-state index in [2.05, 4.69) is 22.6 Å². The van der Waals surface area contributed by atoms with Gasteiger partial charge in [-0.25, -0.2) is 9.80 Å². The number of Topliss-reactive ketones (excluding diaryl/α,β-unsaturated/α-hetero) is 1. The smallest absolute Gasteiger partial charge is 0.348 e. The Morgan fingerprint density at radius 1 is 1.17 bits per heavy atom. The van der Waals surface area contributed by atoms with Gasteiger partial charge in [0.1, 0.15) is 10.7 Å². The summed E-state index contributed by atoms with van der Waals surface area (Å²) in [5.74, 6) is -0.218. The van der Waals surface area contributed by atoms with E-state index in [1.54, 1.807) is 21.5 Å². The standard InChI is InChI=1S/C21H21IN2O4S2/c1-28-20(26)19-6-5-18(30-19)8-10-24-21(27)29-12-11-23(24)9-7-17(25)14-15-3-2-4-16(22)13-15/h2-6,11-13H,7-10,14H2,1H3. The molecular formula is C21H21IN2O4S2. The minimum atomic E-state index is -0.355. The number of hydrazine groups is 1. The fourth-order valence-corrected chi connectivity index (χ4v) is 5.12. The first-order valence-corrected chi connectivity index (χ1v) is 12.1. The Bertz CT molecular complexity index is 960. The van der Waals surface area contributed by atoms with Gasteiger partial charge in [-0.05, 0) is 69.6 Å². The van der Waals surface area contributed by atoms with Gasteiger partial charge in [-0.15, -0.1) is 11.3 Å². The maximum Gasteiger partial charge on any atom is 0.348 e. The third kappa shape index (κ3) is 6.32. The second-order valence-corrected chi connectivity index (χ2v) is 9.83. The van der Waals surface area contributed by atoms with Crippen LogP contribution in [0.4, 0.5) is 4.79 Å². The normalized spacial score (nSPS) is 13.6. The third-order valence-electron chi connectivity index (χ3n) is 4.45. The number of rotatable bonds is 9. The molecule has 3 rings (SSSR count). The number of amides is 1. The molecule has 0 saturated heterocycles. The van der Waals surface area contributed by atoms with E-state index in [-0.39, 0.29) is 17.0 Å². The van der Waals surface area contributed by atoms with Crippen LogP contribution in [-0.2, 0) is 22.4 Å². The quantitative estimate of drug-likeness (QED) is 0.329. The topological polar surface area (TPSA) is 66.9 Å². The molecule has 0 unspecified atom stereocenters. The highest BCUT2D eigenvalue weighted by Crippen LogP contribution is 2.23. The Morgan fingerprint density at radius 3 is 2.77 bits per heavy atom. The molecule has 0 saturated carbocycles. The van der Waals surface area contributed by atoms with Gasteiger partial charge in [-0.1, -0.05) is 12.1 Å². The maximum atomic E-state index is 12.4. The fourth-order valence-electron chi connectivity index (χ4n) is 2.96. The highest BCUT2D eigenvalue weighted by atomic mass is 127. The number of hydrogen-bond acceptors (Lipinski definition) is 7. The number of thioether (sulfide) groups is 1. The lowest BCUT2D eigenvalue weighted by atomic mass is 10.1. The third-order valence-corrected chi connectivity index (χ3v) is 6.92. The zero-order valence-corrected chi connectivity index (χ0v) is 20.2. The number of hydrogen-bond donors (Lipinski definition) is 0. The summed E-state index contributed by atoms with van der Waals surface area (Å²) in [4.78, 5) is 38.0. The predicted octanol–water partition coefficient (Wildman–Crippen LogP) is 4.74. The van der Waals surface area contributed by atoms with Gasteiger partial charge in [0.2, 0.25) is 0 Å². The Balaban J connectivity index is 1.55. The van der Waals surface area contributed by atoms with Crippen molar-refractivity contribution in [2.24, 2.45) is 0 Å². The summed E-state index contributed by atoms with van der Waals surface area (Å²) in [5.41, 5.74) is 1.00. The molecule has 1 aliphatic heterocycles. The molecule has 0 N–H and O–H groups in total. The Hall–Kier alpha value is -1.85. The molecule has 2 heterocycles. The van der Waals surface area contributed by atoms with E-state index in [9.17, 15) is 14.4 Å². The van der Waals surface area contributed by atoms with Crippen molar-refractivity contribution >= 4 is 62.7 Å². The summed E-state index contributed by atoms with van der Waals surface area (Å²) < 4.78 is 5.84. The highest BCUT2D eigenvalue weighted by molar-refractivity contribution is 14.1. The van der Waals surface area contributed by atoms with E-state index in [4.69, 9.17) is 4.74 Å². The lowest BCUT2D eigenvalue weighted by Crippen LogP contribution is -2.45. The molecular weight excluding hydrogens is 535 g/mol. The fraction of sp³-hybridized carbons (Fsp3) is 0.286. The van der Waals surface area contributed by atoms with Crippen molar-refractivity contribution in [1.29, 1.82) is 0 Å². The van der Waals surface area contributed by atoms with Crippen LogP contribution in [0.25, 0.3) is 0 Å². The van der Waals surface area contributed by atoms with Gasteiger partial charge >= 0.3 is 11.2 Å². The first-order valence-electron chi connectivity index (χ1n) is 9.31. The number of esters is 1. The van der Waals surface area contributed by atoms with Crippen LogP contribution >= 0.6 is 45.7 Å². The van der Waals surface area contributed by atoms with Gasteiger partial charge in [0, 0.05) is 47.0 Å². The van der Waals surface area contributed by atoms with Gasteiger partial charge in [-0.3, -0.25) is 14.6 Å². The van der Waals surface area contributed by atoms with Gasteiger partial charge < -0.3 is 4.74 Å². The van der Waals surface area contributed by atoms with E-state index in [1.807, 2.05) is 36.5 Å². The van der Waals surface area contributed by atoms with E-state index < -0.39 is 0 Å². The molecule has 0 fully saturated rings. The number of methoxy groups -OCH3 is 1. The molecule has 1 aromatic carbocycles. The van der Waals surface area contributed by atoms with Crippen LogP contribution in [0.15, 0.2) is 48.0 Å². The number of benzene rings is 1. The molecule has 0 spiro atoms. The summed E-state index contributed by atoms with van der Waals surface area (Å²) in [5, 5.41) is 5.12. The first kappa shape index (κ1) is 22.8. The zero-order valence-electron chi connectivity index (χ0n) is 16.4. The van der Waals surface area contributed by atoms with Gasteiger partial charge in [0.15, 0.2) is 0 Å². The minimum absolute atomic E-state index is 0.0766. The SMILES string of the molecule is COC(=O)c1ccc(CCN2C(=O)SC=CN2CCC(=O)Cc2cccc(I)c2)s1. The number of halogens is 1. The van der Waals surface area contributed by atoms with E-state index in [1.165, 1.54) is 18.4 Å². The van der Waals surface area contributed by atoms with Gasteiger partial charge in [0.25, 0.3) is 0 Å². The molecule has 30 heavy (non-hydrogen) atoms. The average Bonchev–Trinajstić information content (AvgIpc) is 3.20. The summed E-state index contributed by atoms with van der Waals surface area (Å²) in [7, 11) is 1.36. The van der Waals surface area contributed by atoms with Gasteiger partial charge in [-0.2, -0.15) is 0 Å². The Kier molecular flexibility index (Phi) is 8.34. The number of ketones is 1. The molecule has 1 aliphatic rings. The van der Waals surface area contributed by atoms with Crippen molar-refractivity contribution in [3.05, 3.63) is 66.9 Å². The van der Waals surface area contributed by atoms with Crippen LogP contribution in [0, 0.1) is 3.57 Å². The first-order chi connectivity index (χ1) is 14.5. The second kappa shape index (κ2) is 11.0. The van der Waals surface area contributed by atoms with Crippen LogP contribution in [0.2, 0.25) is 0 Å². The Morgan fingerprint density at radius 2 is 2.00 bits per heavy atom. The molecule has 9 heteroatoms. The Labute approximate surface area is 197 Å².